The van der Waals surface area contributed by atoms with Crippen molar-refractivity contribution in [2.75, 3.05) is 36.0 Å². The fraction of sp³-hybridized carbons (Fsp3) is 0.333. The highest BCUT2D eigenvalue weighted by molar-refractivity contribution is 8.26. The van der Waals surface area contributed by atoms with E-state index in [1.807, 2.05) is 48.8 Å². The maximum Gasteiger partial charge on any atom is 0.267 e. The number of carbonyl (C=O) groups is 1. The lowest BCUT2D eigenvalue weighted by Crippen LogP contribution is -2.47. The van der Waals surface area contributed by atoms with Crippen LogP contribution in [0.1, 0.15) is 31.4 Å². The van der Waals surface area contributed by atoms with E-state index < -0.39 is 0 Å². The van der Waals surface area contributed by atoms with E-state index in [0.717, 1.165) is 12.0 Å². The van der Waals surface area contributed by atoms with Gasteiger partial charge in [0.05, 0.1) is 16.2 Å². The molecule has 0 radical (unpaired) electrons. The Morgan fingerprint density at radius 3 is 2.51 bits per heavy atom. The molecule has 1 unspecified atom stereocenters. The number of rotatable bonds is 5. The number of pyridine rings is 1. The smallest absolute Gasteiger partial charge is 0.267 e. The summed E-state index contributed by atoms with van der Waals surface area (Å²) in [6.45, 7) is 8.14. The number of benzene rings is 1. The summed E-state index contributed by atoms with van der Waals surface area (Å²) >= 11 is 6.71. The molecule has 2 fully saturated rings. The Hall–Kier alpha value is -3.24. The number of para-hydroxylation sites is 1. The first kappa shape index (κ1) is 25.4. The molecule has 0 bridgehead atoms. The first-order chi connectivity index (χ1) is 17.8. The lowest BCUT2D eigenvalue weighted by Gasteiger charge is -2.37. The highest BCUT2D eigenvalue weighted by atomic mass is 32.2. The molecule has 7 nitrogen and oxygen atoms in total. The van der Waals surface area contributed by atoms with E-state index in [1.165, 1.54) is 22.2 Å². The Labute approximate surface area is 224 Å². The number of aryl methyl sites for hydroxylation is 1. The van der Waals surface area contributed by atoms with Crippen molar-refractivity contribution in [3.63, 3.8) is 0 Å². The Kier molecular flexibility index (Phi) is 7.04. The summed E-state index contributed by atoms with van der Waals surface area (Å²) in [7, 11) is 0. The molecule has 37 heavy (non-hydrogen) atoms. The fourth-order valence-electron chi connectivity index (χ4n) is 4.66. The number of halogens is 1. The highest BCUT2D eigenvalue weighted by Crippen LogP contribution is 2.35. The van der Waals surface area contributed by atoms with Crippen LogP contribution in [0.2, 0.25) is 0 Å². The summed E-state index contributed by atoms with van der Waals surface area (Å²) in [4.78, 5) is 37.9. The lowest BCUT2D eigenvalue weighted by atomic mass is 10.2. The second-order valence-electron chi connectivity index (χ2n) is 9.32. The van der Waals surface area contributed by atoms with Crippen LogP contribution in [0.4, 0.5) is 15.9 Å². The number of thiocarbonyl (C=S) groups is 1. The molecule has 5 rings (SSSR count). The second-order valence-corrected chi connectivity index (χ2v) is 11.0. The van der Waals surface area contributed by atoms with Gasteiger partial charge in [-0.3, -0.25) is 18.9 Å². The summed E-state index contributed by atoms with van der Waals surface area (Å²) in [5.41, 5.74) is 2.14. The number of thioether (sulfide) groups is 1. The summed E-state index contributed by atoms with van der Waals surface area (Å²) in [6, 6.07) is 10.5. The molecule has 2 aliphatic rings. The van der Waals surface area contributed by atoms with Gasteiger partial charge < -0.3 is 9.80 Å². The largest absolute Gasteiger partial charge is 0.366 e. The molecule has 4 heterocycles. The van der Waals surface area contributed by atoms with Gasteiger partial charge in [-0.15, -0.1) is 0 Å². The van der Waals surface area contributed by atoms with Crippen LogP contribution >= 0.6 is 24.0 Å². The molecule has 1 atom stereocenters. The van der Waals surface area contributed by atoms with Gasteiger partial charge in [0.25, 0.3) is 11.5 Å². The summed E-state index contributed by atoms with van der Waals surface area (Å²) < 4.78 is 16.4. The zero-order chi connectivity index (χ0) is 26.3. The minimum Gasteiger partial charge on any atom is -0.366 e. The molecule has 1 amide bonds. The number of aromatic nitrogens is 2. The summed E-state index contributed by atoms with van der Waals surface area (Å²) in [6.07, 6.45) is 4.17. The molecule has 0 saturated carbocycles. The van der Waals surface area contributed by atoms with Crippen LogP contribution in [0.3, 0.4) is 0 Å². The van der Waals surface area contributed by atoms with Gasteiger partial charge in [0, 0.05) is 38.4 Å². The van der Waals surface area contributed by atoms with Crippen LogP contribution in [0.15, 0.2) is 52.3 Å². The number of hydrogen-bond donors (Lipinski definition) is 0. The number of fused-ring (bicyclic) bond motifs is 1. The minimum atomic E-state index is -0.252. The van der Waals surface area contributed by atoms with E-state index in [9.17, 15) is 14.0 Å². The molecule has 1 aromatic carbocycles. The molecule has 0 spiro atoms. The first-order valence-corrected chi connectivity index (χ1v) is 13.6. The molecule has 2 saturated heterocycles. The van der Waals surface area contributed by atoms with E-state index in [4.69, 9.17) is 17.2 Å². The van der Waals surface area contributed by atoms with Crippen molar-refractivity contribution in [2.45, 2.75) is 33.2 Å². The maximum atomic E-state index is 14.4. The fourth-order valence-corrected chi connectivity index (χ4v) is 6.10. The predicted octanol–water partition coefficient (Wildman–Crippen LogP) is 4.47. The topological polar surface area (TPSA) is 61.2 Å². The third kappa shape index (κ3) is 4.75. The Morgan fingerprint density at radius 2 is 1.81 bits per heavy atom. The van der Waals surface area contributed by atoms with Crippen molar-refractivity contribution in [3.8, 4) is 0 Å². The lowest BCUT2D eigenvalue weighted by molar-refractivity contribution is -0.123. The molecule has 3 aromatic rings. The van der Waals surface area contributed by atoms with Crippen LogP contribution in [-0.4, -0.2) is 56.7 Å². The SMILES string of the molecule is CCC(C)N1C(=O)/C(=C/c2c(N3CCN(c4ccccc4F)CC3)nc3ccc(C)cn3c2=O)SC1=S. The van der Waals surface area contributed by atoms with E-state index in [2.05, 4.69) is 0 Å². The Bertz CT molecular complexity index is 1480. The summed E-state index contributed by atoms with van der Waals surface area (Å²) in [5.74, 6) is 0.0849. The van der Waals surface area contributed by atoms with Gasteiger partial charge in [-0.2, -0.15) is 0 Å². The van der Waals surface area contributed by atoms with Crippen molar-refractivity contribution in [1.29, 1.82) is 0 Å². The molecular weight excluding hydrogens is 509 g/mol. The molecule has 192 valence electrons. The van der Waals surface area contributed by atoms with Gasteiger partial charge in [0.2, 0.25) is 0 Å². The van der Waals surface area contributed by atoms with Crippen molar-refractivity contribution in [1.82, 2.24) is 14.3 Å². The molecule has 2 aromatic heterocycles. The van der Waals surface area contributed by atoms with Crippen molar-refractivity contribution >= 4 is 57.4 Å². The Balaban J connectivity index is 1.55. The number of piperazine rings is 1. The van der Waals surface area contributed by atoms with Crippen LogP contribution in [-0.2, 0) is 4.79 Å². The van der Waals surface area contributed by atoms with Gasteiger partial charge in [0.15, 0.2) is 0 Å². The molecule has 2 aliphatic heterocycles. The van der Waals surface area contributed by atoms with Crippen LogP contribution in [0.25, 0.3) is 11.7 Å². The zero-order valence-electron chi connectivity index (χ0n) is 21.0. The molecular formula is C27H28FN5O2S2. The monoisotopic (exact) mass is 537 g/mol. The quantitative estimate of drug-likeness (QED) is 0.352. The first-order valence-electron chi connectivity index (χ1n) is 12.3. The number of amides is 1. The van der Waals surface area contributed by atoms with Crippen molar-refractivity contribution < 1.29 is 9.18 Å². The van der Waals surface area contributed by atoms with E-state index in [1.54, 1.807) is 29.3 Å². The summed E-state index contributed by atoms with van der Waals surface area (Å²) in [5, 5.41) is 0. The van der Waals surface area contributed by atoms with Gasteiger partial charge >= 0.3 is 0 Å². The van der Waals surface area contributed by atoms with Gasteiger partial charge in [-0.25, -0.2) is 9.37 Å². The van der Waals surface area contributed by atoms with E-state index >= 15 is 0 Å². The van der Waals surface area contributed by atoms with Crippen molar-refractivity contribution in [2.24, 2.45) is 0 Å². The number of carbonyl (C=O) groups excluding carboxylic acids is 1. The number of hydrogen-bond acceptors (Lipinski definition) is 7. The minimum absolute atomic E-state index is 0.0252. The van der Waals surface area contributed by atoms with Gasteiger partial charge in [-0.1, -0.05) is 49.1 Å². The predicted molar refractivity (Wildman–Crippen MR) is 152 cm³/mol. The maximum absolute atomic E-state index is 14.4. The van der Waals surface area contributed by atoms with Gasteiger partial charge in [0.1, 0.15) is 21.6 Å². The van der Waals surface area contributed by atoms with Crippen LogP contribution in [0.5, 0.6) is 0 Å². The van der Waals surface area contributed by atoms with E-state index in [0.29, 0.717) is 58.1 Å². The van der Waals surface area contributed by atoms with Crippen LogP contribution in [0, 0.1) is 12.7 Å². The van der Waals surface area contributed by atoms with E-state index in [-0.39, 0.29) is 23.3 Å². The standard InChI is InChI=1S/C27H28FN5O2S2/c1-4-18(3)33-26(35)22(37-27(33)36)15-19-24(29-23-10-9-17(2)16-32(23)25(19)34)31-13-11-30(12-14-31)21-8-6-5-7-20(21)28/h5-10,15-16,18H,4,11-14H2,1-3H3/b22-15-. The normalized spacial score (nSPS) is 18.4. The average molecular weight is 538 g/mol. The van der Waals surface area contributed by atoms with Crippen LogP contribution < -0.4 is 15.4 Å². The average Bonchev–Trinajstić information content (AvgIpc) is 3.18. The van der Waals surface area contributed by atoms with Crippen molar-refractivity contribution in [3.05, 3.63) is 74.8 Å². The van der Waals surface area contributed by atoms with Gasteiger partial charge in [-0.05, 0) is 50.1 Å². The third-order valence-electron chi connectivity index (χ3n) is 6.89. The Morgan fingerprint density at radius 1 is 1.11 bits per heavy atom. The molecule has 10 heteroatoms. The number of nitrogens with zero attached hydrogens (tertiary/aromatic N) is 5. The number of anilines is 2. The third-order valence-corrected chi connectivity index (χ3v) is 8.22. The molecule has 0 N–H and O–H groups in total. The second kappa shape index (κ2) is 10.3. The molecule has 0 aliphatic carbocycles. The zero-order valence-corrected chi connectivity index (χ0v) is 22.6. The highest BCUT2D eigenvalue weighted by Gasteiger charge is 2.35.